The molecular weight excluding hydrogens is 292 g/mol. The number of rotatable bonds is 6. The lowest BCUT2D eigenvalue weighted by atomic mass is 10.2. The summed E-state index contributed by atoms with van der Waals surface area (Å²) in [5, 5.41) is 9.36. The van der Waals surface area contributed by atoms with Gasteiger partial charge in [0.2, 0.25) is 0 Å². The molecule has 0 aliphatic carbocycles. The third-order valence-corrected chi connectivity index (χ3v) is 3.09. The highest BCUT2D eigenvalue weighted by molar-refractivity contribution is 6.32. The van der Waals surface area contributed by atoms with Crippen molar-refractivity contribution in [2.75, 3.05) is 13.2 Å². The van der Waals surface area contributed by atoms with E-state index in [1.165, 1.54) is 12.1 Å². The van der Waals surface area contributed by atoms with E-state index in [0.29, 0.717) is 29.7 Å². The quantitative estimate of drug-likeness (QED) is 0.825. The Bertz CT molecular complexity index is 623. The van der Waals surface area contributed by atoms with E-state index in [2.05, 4.69) is 0 Å². The van der Waals surface area contributed by atoms with Crippen LogP contribution in [0, 0.1) is 6.92 Å². The van der Waals surface area contributed by atoms with Crippen molar-refractivity contribution in [2.45, 2.75) is 6.92 Å². The molecule has 0 radical (unpaired) electrons. The van der Waals surface area contributed by atoms with Crippen LogP contribution in [-0.2, 0) is 0 Å². The van der Waals surface area contributed by atoms with Crippen molar-refractivity contribution in [3.05, 3.63) is 58.6 Å². The minimum Gasteiger partial charge on any atom is -0.490 e. The molecule has 0 heterocycles. The molecule has 21 heavy (non-hydrogen) atoms. The smallest absolute Gasteiger partial charge is 0.335 e. The standard InChI is InChI=1S/C16H15ClO4/c1-11-2-7-15(14(17)10-11)21-9-8-20-13-5-3-12(4-6-13)16(18)19/h2-7,10H,8-9H2,1H3,(H,18,19). The summed E-state index contributed by atoms with van der Waals surface area (Å²) >= 11 is 6.05. The van der Waals surface area contributed by atoms with Crippen LogP contribution in [-0.4, -0.2) is 24.3 Å². The number of hydrogen-bond donors (Lipinski definition) is 1. The van der Waals surface area contributed by atoms with Crippen molar-refractivity contribution >= 4 is 17.6 Å². The van der Waals surface area contributed by atoms with Crippen LogP contribution in [0.1, 0.15) is 15.9 Å². The van der Waals surface area contributed by atoms with E-state index in [1.807, 2.05) is 25.1 Å². The molecule has 0 saturated heterocycles. The number of ether oxygens (including phenoxy) is 2. The molecule has 0 aliphatic heterocycles. The van der Waals surface area contributed by atoms with Crippen LogP contribution >= 0.6 is 11.6 Å². The van der Waals surface area contributed by atoms with Gasteiger partial charge in [0.15, 0.2) is 0 Å². The fourth-order valence-electron chi connectivity index (χ4n) is 1.73. The maximum Gasteiger partial charge on any atom is 0.335 e. The fraction of sp³-hybridized carbons (Fsp3) is 0.188. The van der Waals surface area contributed by atoms with E-state index in [-0.39, 0.29) is 5.56 Å². The molecule has 0 aliphatic rings. The molecule has 2 aromatic carbocycles. The fourth-order valence-corrected chi connectivity index (χ4v) is 2.02. The number of halogens is 1. The molecule has 2 aromatic rings. The number of aromatic carboxylic acids is 1. The van der Waals surface area contributed by atoms with E-state index in [9.17, 15) is 4.79 Å². The molecular formula is C16H15ClO4. The molecule has 110 valence electrons. The van der Waals surface area contributed by atoms with Crippen molar-refractivity contribution < 1.29 is 19.4 Å². The zero-order chi connectivity index (χ0) is 15.2. The van der Waals surface area contributed by atoms with Gasteiger partial charge in [-0.1, -0.05) is 17.7 Å². The molecule has 0 atom stereocenters. The first-order valence-corrected chi connectivity index (χ1v) is 6.79. The second kappa shape index (κ2) is 6.99. The van der Waals surface area contributed by atoms with Gasteiger partial charge in [-0.3, -0.25) is 0 Å². The Morgan fingerprint density at radius 2 is 1.76 bits per heavy atom. The number of carbonyl (C=O) groups is 1. The lowest BCUT2D eigenvalue weighted by molar-refractivity contribution is 0.0697. The molecule has 0 unspecified atom stereocenters. The van der Waals surface area contributed by atoms with Gasteiger partial charge in [0.1, 0.15) is 24.7 Å². The third kappa shape index (κ3) is 4.39. The molecule has 1 N–H and O–H groups in total. The molecule has 0 saturated carbocycles. The lowest BCUT2D eigenvalue weighted by Gasteiger charge is -2.10. The summed E-state index contributed by atoms with van der Waals surface area (Å²) < 4.78 is 11.0. The number of hydrogen-bond acceptors (Lipinski definition) is 3. The highest BCUT2D eigenvalue weighted by Gasteiger charge is 2.03. The summed E-state index contributed by atoms with van der Waals surface area (Å²) in [7, 11) is 0. The minimum atomic E-state index is -0.959. The number of carboxylic acids is 1. The zero-order valence-corrected chi connectivity index (χ0v) is 12.3. The van der Waals surface area contributed by atoms with E-state index in [4.69, 9.17) is 26.2 Å². The van der Waals surface area contributed by atoms with Crippen molar-refractivity contribution in [3.63, 3.8) is 0 Å². The topological polar surface area (TPSA) is 55.8 Å². The summed E-state index contributed by atoms with van der Waals surface area (Å²) in [6.45, 7) is 2.65. The molecule has 0 fully saturated rings. The summed E-state index contributed by atoms with van der Waals surface area (Å²) in [6, 6.07) is 11.8. The van der Waals surface area contributed by atoms with E-state index < -0.39 is 5.97 Å². The summed E-state index contributed by atoms with van der Waals surface area (Å²) in [5.74, 6) is 0.254. The van der Waals surface area contributed by atoms with Crippen molar-refractivity contribution in [1.82, 2.24) is 0 Å². The van der Waals surface area contributed by atoms with Crippen molar-refractivity contribution in [2.24, 2.45) is 0 Å². The Morgan fingerprint density at radius 1 is 1.10 bits per heavy atom. The van der Waals surface area contributed by atoms with Crippen LogP contribution in [0.4, 0.5) is 0 Å². The first-order valence-electron chi connectivity index (χ1n) is 6.41. The van der Waals surface area contributed by atoms with Crippen LogP contribution in [0.25, 0.3) is 0 Å². The monoisotopic (exact) mass is 306 g/mol. The highest BCUT2D eigenvalue weighted by Crippen LogP contribution is 2.25. The Balaban J connectivity index is 1.80. The number of aryl methyl sites for hydroxylation is 1. The van der Waals surface area contributed by atoms with E-state index in [1.54, 1.807) is 12.1 Å². The molecule has 0 aromatic heterocycles. The van der Waals surface area contributed by atoms with Gasteiger partial charge in [0, 0.05) is 0 Å². The first-order chi connectivity index (χ1) is 10.1. The Kier molecular flexibility index (Phi) is 5.06. The van der Waals surface area contributed by atoms with Gasteiger partial charge < -0.3 is 14.6 Å². The maximum absolute atomic E-state index is 10.7. The van der Waals surface area contributed by atoms with Gasteiger partial charge >= 0.3 is 5.97 Å². The van der Waals surface area contributed by atoms with Gasteiger partial charge in [0.25, 0.3) is 0 Å². The average molecular weight is 307 g/mol. The van der Waals surface area contributed by atoms with E-state index in [0.717, 1.165) is 5.56 Å². The van der Waals surface area contributed by atoms with Crippen LogP contribution < -0.4 is 9.47 Å². The Morgan fingerprint density at radius 3 is 2.38 bits per heavy atom. The predicted octanol–water partition coefficient (Wildman–Crippen LogP) is 3.80. The van der Waals surface area contributed by atoms with Crippen molar-refractivity contribution in [3.8, 4) is 11.5 Å². The van der Waals surface area contributed by atoms with Gasteiger partial charge in [-0.05, 0) is 48.9 Å². The number of benzene rings is 2. The molecule has 0 bridgehead atoms. The van der Waals surface area contributed by atoms with Gasteiger partial charge in [-0.25, -0.2) is 4.79 Å². The molecule has 2 rings (SSSR count). The second-order valence-electron chi connectivity index (χ2n) is 4.46. The summed E-state index contributed by atoms with van der Waals surface area (Å²) in [5.41, 5.74) is 1.30. The second-order valence-corrected chi connectivity index (χ2v) is 4.87. The van der Waals surface area contributed by atoms with Crippen LogP contribution in [0.15, 0.2) is 42.5 Å². The lowest BCUT2D eigenvalue weighted by Crippen LogP contribution is -2.09. The van der Waals surface area contributed by atoms with Gasteiger partial charge in [0.05, 0.1) is 10.6 Å². The van der Waals surface area contributed by atoms with E-state index >= 15 is 0 Å². The zero-order valence-electron chi connectivity index (χ0n) is 11.5. The normalized spacial score (nSPS) is 10.2. The summed E-state index contributed by atoms with van der Waals surface area (Å²) in [4.78, 5) is 10.7. The minimum absolute atomic E-state index is 0.227. The Labute approximate surface area is 127 Å². The largest absolute Gasteiger partial charge is 0.490 e. The SMILES string of the molecule is Cc1ccc(OCCOc2ccc(C(=O)O)cc2)c(Cl)c1. The highest BCUT2D eigenvalue weighted by atomic mass is 35.5. The third-order valence-electron chi connectivity index (χ3n) is 2.80. The maximum atomic E-state index is 10.7. The van der Waals surface area contributed by atoms with Crippen molar-refractivity contribution in [1.29, 1.82) is 0 Å². The summed E-state index contributed by atoms with van der Waals surface area (Å²) in [6.07, 6.45) is 0. The number of carboxylic acid groups (broad SMARTS) is 1. The molecule has 0 amide bonds. The Hall–Kier alpha value is -2.20. The molecule has 0 spiro atoms. The van der Waals surface area contributed by atoms with Gasteiger partial charge in [-0.15, -0.1) is 0 Å². The van der Waals surface area contributed by atoms with Crippen LogP contribution in [0.2, 0.25) is 5.02 Å². The van der Waals surface area contributed by atoms with Crippen LogP contribution in [0.3, 0.4) is 0 Å². The first kappa shape index (κ1) is 15.2. The molecule has 5 heteroatoms. The van der Waals surface area contributed by atoms with Gasteiger partial charge in [-0.2, -0.15) is 0 Å². The molecule has 4 nitrogen and oxygen atoms in total. The predicted molar refractivity (Wildman–Crippen MR) is 80.6 cm³/mol. The average Bonchev–Trinajstić information content (AvgIpc) is 2.46. The van der Waals surface area contributed by atoms with Crippen LogP contribution in [0.5, 0.6) is 11.5 Å².